The first-order valence-corrected chi connectivity index (χ1v) is 7.04. The van der Waals surface area contributed by atoms with Gasteiger partial charge in [0.15, 0.2) is 0 Å². The summed E-state index contributed by atoms with van der Waals surface area (Å²) < 4.78 is 0. The molecule has 1 atom stereocenters. The quantitative estimate of drug-likeness (QED) is 0.613. The van der Waals surface area contributed by atoms with Gasteiger partial charge in [0.2, 0.25) is 0 Å². The highest BCUT2D eigenvalue weighted by Gasteiger charge is 2.01. The van der Waals surface area contributed by atoms with Crippen molar-refractivity contribution in [2.24, 2.45) is 0 Å². The summed E-state index contributed by atoms with van der Waals surface area (Å²) in [6.45, 7) is 5.64. The van der Waals surface area contributed by atoms with Gasteiger partial charge in [0.05, 0.1) is 0 Å². The van der Waals surface area contributed by atoms with Crippen molar-refractivity contribution in [3.05, 3.63) is 18.2 Å². The number of nitrogens with one attached hydrogen (secondary N) is 2. The maximum atomic E-state index is 4.22. The standard InChI is InChI=1S/C14H27N3/c1-3-4-5-6-8-13(2)15-10-7-9-14-16-11-12-17-14/h11-13,15H,3-10H2,1-2H3,(H,16,17). The van der Waals surface area contributed by atoms with E-state index < -0.39 is 0 Å². The van der Waals surface area contributed by atoms with Gasteiger partial charge in [-0.3, -0.25) is 0 Å². The molecule has 2 N–H and O–H groups in total. The molecule has 0 aliphatic carbocycles. The van der Waals surface area contributed by atoms with Crippen LogP contribution in [0.3, 0.4) is 0 Å². The van der Waals surface area contributed by atoms with E-state index in [1.165, 1.54) is 32.1 Å². The third-order valence-corrected chi connectivity index (χ3v) is 3.13. The molecule has 1 heterocycles. The van der Waals surface area contributed by atoms with Crippen LogP contribution >= 0.6 is 0 Å². The molecule has 0 aliphatic rings. The molecule has 3 heteroatoms. The molecule has 0 spiro atoms. The van der Waals surface area contributed by atoms with Gasteiger partial charge in [-0.25, -0.2) is 4.98 Å². The Balaban J connectivity index is 1.91. The predicted molar refractivity (Wildman–Crippen MR) is 73.1 cm³/mol. The van der Waals surface area contributed by atoms with Crippen LogP contribution in [0.25, 0.3) is 0 Å². The summed E-state index contributed by atoms with van der Waals surface area (Å²) in [5, 5.41) is 3.58. The highest BCUT2D eigenvalue weighted by molar-refractivity contribution is 4.86. The molecule has 98 valence electrons. The smallest absolute Gasteiger partial charge is 0.106 e. The van der Waals surface area contributed by atoms with Crippen LogP contribution in [0.15, 0.2) is 12.4 Å². The lowest BCUT2D eigenvalue weighted by atomic mass is 10.1. The highest BCUT2D eigenvalue weighted by Crippen LogP contribution is 2.05. The van der Waals surface area contributed by atoms with E-state index in [1.807, 2.05) is 12.4 Å². The first kappa shape index (κ1) is 14.2. The third-order valence-electron chi connectivity index (χ3n) is 3.13. The third kappa shape index (κ3) is 7.16. The van der Waals surface area contributed by atoms with Crippen LogP contribution in [0.4, 0.5) is 0 Å². The number of aromatic amines is 1. The minimum Gasteiger partial charge on any atom is -0.349 e. The van der Waals surface area contributed by atoms with Crippen molar-refractivity contribution >= 4 is 0 Å². The number of aromatic nitrogens is 2. The fraction of sp³-hybridized carbons (Fsp3) is 0.786. The molecule has 17 heavy (non-hydrogen) atoms. The van der Waals surface area contributed by atoms with Crippen LogP contribution in [0.1, 0.15) is 58.2 Å². The summed E-state index contributed by atoms with van der Waals surface area (Å²) in [6, 6.07) is 0.656. The fourth-order valence-corrected chi connectivity index (χ4v) is 2.02. The number of unbranched alkanes of at least 4 members (excludes halogenated alkanes) is 3. The number of rotatable bonds is 10. The van der Waals surface area contributed by atoms with Gasteiger partial charge in [-0.15, -0.1) is 0 Å². The molecule has 0 fully saturated rings. The maximum absolute atomic E-state index is 4.22. The second-order valence-corrected chi connectivity index (χ2v) is 4.84. The van der Waals surface area contributed by atoms with E-state index in [0.717, 1.165) is 25.2 Å². The molecule has 1 aromatic heterocycles. The molecule has 1 aromatic rings. The van der Waals surface area contributed by atoms with Crippen molar-refractivity contribution in [3.63, 3.8) is 0 Å². The topological polar surface area (TPSA) is 40.7 Å². The average Bonchev–Trinajstić information content (AvgIpc) is 2.83. The summed E-state index contributed by atoms with van der Waals surface area (Å²) in [7, 11) is 0. The maximum Gasteiger partial charge on any atom is 0.106 e. The zero-order chi connectivity index (χ0) is 12.3. The molecular weight excluding hydrogens is 210 g/mol. The minimum atomic E-state index is 0.656. The number of hydrogen-bond donors (Lipinski definition) is 2. The molecule has 0 saturated carbocycles. The normalized spacial score (nSPS) is 12.8. The number of imidazole rings is 1. The Morgan fingerprint density at radius 1 is 1.29 bits per heavy atom. The molecule has 1 rings (SSSR count). The van der Waals surface area contributed by atoms with E-state index in [0.29, 0.717) is 6.04 Å². The zero-order valence-corrected chi connectivity index (χ0v) is 11.3. The van der Waals surface area contributed by atoms with Gasteiger partial charge < -0.3 is 10.3 Å². The van der Waals surface area contributed by atoms with Gasteiger partial charge in [0.25, 0.3) is 0 Å². The van der Waals surface area contributed by atoms with Crippen LogP contribution in [-0.2, 0) is 6.42 Å². The van der Waals surface area contributed by atoms with Crippen LogP contribution in [0.2, 0.25) is 0 Å². The second kappa shape index (κ2) is 9.23. The van der Waals surface area contributed by atoms with Crippen LogP contribution in [0, 0.1) is 0 Å². The van der Waals surface area contributed by atoms with Crippen molar-refractivity contribution in [3.8, 4) is 0 Å². The summed E-state index contributed by atoms with van der Waals surface area (Å²) >= 11 is 0. The van der Waals surface area contributed by atoms with Crippen molar-refractivity contribution in [2.75, 3.05) is 6.54 Å². The summed E-state index contributed by atoms with van der Waals surface area (Å²) in [5.74, 6) is 1.10. The van der Waals surface area contributed by atoms with Crippen molar-refractivity contribution in [1.82, 2.24) is 15.3 Å². The van der Waals surface area contributed by atoms with Gasteiger partial charge in [-0.2, -0.15) is 0 Å². The Morgan fingerprint density at radius 3 is 2.88 bits per heavy atom. The summed E-state index contributed by atoms with van der Waals surface area (Å²) in [5.41, 5.74) is 0. The molecule has 1 unspecified atom stereocenters. The number of H-pyrrole nitrogens is 1. The Morgan fingerprint density at radius 2 is 2.18 bits per heavy atom. The van der Waals surface area contributed by atoms with E-state index in [-0.39, 0.29) is 0 Å². The molecule has 0 aliphatic heterocycles. The van der Waals surface area contributed by atoms with Crippen molar-refractivity contribution in [1.29, 1.82) is 0 Å². The number of aryl methyl sites for hydroxylation is 1. The highest BCUT2D eigenvalue weighted by atomic mass is 14.9. The SMILES string of the molecule is CCCCCCC(C)NCCCc1ncc[nH]1. The lowest BCUT2D eigenvalue weighted by molar-refractivity contribution is 0.477. The monoisotopic (exact) mass is 237 g/mol. The van der Waals surface area contributed by atoms with E-state index >= 15 is 0 Å². The molecule has 0 radical (unpaired) electrons. The Labute approximate surface area is 105 Å². The lowest BCUT2D eigenvalue weighted by Gasteiger charge is -2.13. The predicted octanol–water partition coefficient (Wildman–Crippen LogP) is 3.29. The molecule has 0 amide bonds. The van der Waals surface area contributed by atoms with E-state index in [1.54, 1.807) is 0 Å². The van der Waals surface area contributed by atoms with Gasteiger partial charge in [-0.05, 0) is 26.3 Å². The van der Waals surface area contributed by atoms with E-state index in [2.05, 4.69) is 29.1 Å². The summed E-state index contributed by atoms with van der Waals surface area (Å²) in [6.07, 6.45) is 12.7. The zero-order valence-electron chi connectivity index (χ0n) is 11.3. The van der Waals surface area contributed by atoms with Gasteiger partial charge >= 0.3 is 0 Å². The number of nitrogens with zero attached hydrogens (tertiary/aromatic N) is 1. The summed E-state index contributed by atoms with van der Waals surface area (Å²) in [4.78, 5) is 7.35. The molecule has 0 bridgehead atoms. The van der Waals surface area contributed by atoms with Crippen molar-refractivity contribution < 1.29 is 0 Å². The van der Waals surface area contributed by atoms with Crippen LogP contribution < -0.4 is 5.32 Å². The van der Waals surface area contributed by atoms with Gasteiger partial charge in [0.1, 0.15) is 5.82 Å². The Bertz CT molecular complexity index is 256. The Kier molecular flexibility index (Phi) is 7.72. The largest absolute Gasteiger partial charge is 0.349 e. The van der Waals surface area contributed by atoms with Crippen LogP contribution in [0.5, 0.6) is 0 Å². The van der Waals surface area contributed by atoms with Crippen LogP contribution in [-0.4, -0.2) is 22.6 Å². The lowest BCUT2D eigenvalue weighted by Crippen LogP contribution is -2.27. The fourth-order valence-electron chi connectivity index (χ4n) is 2.02. The van der Waals surface area contributed by atoms with Gasteiger partial charge in [-0.1, -0.05) is 32.6 Å². The van der Waals surface area contributed by atoms with Gasteiger partial charge in [0, 0.05) is 24.9 Å². The minimum absolute atomic E-state index is 0.656. The Hall–Kier alpha value is -0.830. The first-order valence-electron chi connectivity index (χ1n) is 7.04. The molecular formula is C14H27N3. The number of hydrogen-bond acceptors (Lipinski definition) is 2. The van der Waals surface area contributed by atoms with E-state index in [9.17, 15) is 0 Å². The van der Waals surface area contributed by atoms with Crippen molar-refractivity contribution in [2.45, 2.75) is 64.8 Å². The average molecular weight is 237 g/mol. The second-order valence-electron chi connectivity index (χ2n) is 4.84. The molecule has 0 saturated heterocycles. The molecule has 0 aromatic carbocycles. The van der Waals surface area contributed by atoms with E-state index in [4.69, 9.17) is 0 Å². The first-order chi connectivity index (χ1) is 8.33. The molecule has 3 nitrogen and oxygen atoms in total.